The summed E-state index contributed by atoms with van der Waals surface area (Å²) >= 11 is 0. The zero-order valence-electron chi connectivity index (χ0n) is 8.91. The van der Waals surface area contributed by atoms with Gasteiger partial charge in [0.2, 0.25) is 0 Å². The van der Waals surface area contributed by atoms with Crippen LogP contribution in [0.5, 0.6) is 0 Å². The van der Waals surface area contributed by atoms with Crippen molar-refractivity contribution in [2.75, 3.05) is 20.3 Å². The van der Waals surface area contributed by atoms with E-state index in [2.05, 4.69) is 13.5 Å². The van der Waals surface area contributed by atoms with Crippen molar-refractivity contribution in [2.45, 2.75) is 37.6 Å². The SMILES string of the molecule is C=C1COCCC12CC(OC)[C@H](C)O2. The number of rotatable bonds is 1. The lowest BCUT2D eigenvalue weighted by Crippen LogP contribution is -2.38. The van der Waals surface area contributed by atoms with Crippen molar-refractivity contribution < 1.29 is 14.2 Å². The van der Waals surface area contributed by atoms with E-state index < -0.39 is 0 Å². The van der Waals surface area contributed by atoms with Gasteiger partial charge in [-0.3, -0.25) is 0 Å². The number of methoxy groups -OCH3 is 1. The number of hydrogen-bond acceptors (Lipinski definition) is 3. The van der Waals surface area contributed by atoms with E-state index in [0.29, 0.717) is 6.61 Å². The first-order valence-corrected chi connectivity index (χ1v) is 5.14. The van der Waals surface area contributed by atoms with E-state index in [1.165, 1.54) is 0 Å². The molecule has 14 heavy (non-hydrogen) atoms. The van der Waals surface area contributed by atoms with Crippen molar-refractivity contribution in [3.8, 4) is 0 Å². The van der Waals surface area contributed by atoms with Crippen LogP contribution >= 0.6 is 0 Å². The molecule has 0 radical (unpaired) electrons. The van der Waals surface area contributed by atoms with E-state index >= 15 is 0 Å². The average molecular weight is 198 g/mol. The van der Waals surface area contributed by atoms with Gasteiger partial charge in [-0.1, -0.05) is 6.58 Å². The normalized spacial score (nSPS) is 43.4. The second kappa shape index (κ2) is 3.65. The molecule has 0 saturated carbocycles. The Kier molecular flexibility index (Phi) is 2.64. The molecule has 3 heteroatoms. The maximum Gasteiger partial charge on any atom is 0.0963 e. The molecule has 3 atom stereocenters. The molecule has 2 aliphatic heterocycles. The molecule has 0 aliphatic carbocycles. The molecule has 1 spiro atoms. The van der Waals surface area contributed by atoms with Gasteiger partial charge < -0.3 is 14.2 Å². The first-order valence-electron chi connectivity index (χ1n) is 5.14. The third-order valence-corrected chi connectivity index (χ3v) is 3.34. The highest BCUT2D eigenvalue weighted by Crippen LogP contribution is 2.41. The lowest BCUT2D eigenvalue weighted by molar-refractivity contribution is -0.0663. The summed E-state index contributed by atoms with van der Waals surface area (Å²) in [5.41, 5.74) is 0.897. The van der Waals surface area contributed by atoms with Crippen LogP contribution in [-0.4, -0.2) is 38.1 Å². The van der Waals surface area contributed by atoms with Crippen molar-refractivity contribution in [1.29, 1.82) is 0 Å². The molecule has 0 aromatic rings. The van der Waals surface area contributed by atoms with Gasteiger partial charge in [0.05, 0.1) is 31.0 Å². The predicted molar refractivity (Wildman–Crippen MR) is 53.3 cm³/mol. The van der Waals surface area contributed by atoms with Crippen molar-refractivity contribution >= 4 is 0 Å². The molecule has 2 saturated heterocycles. The highest BCUT2D eigenvalue weighted by Gasteiger charge is 2.47. The van der Waals surface area contributed by atoms with Crippen LogP contribution in [0.1, 0.15) is 19.8 Å². The molecule has 2 aliphatic rings. The van der Waals surface area contributed by atoms with Crippen LogP contribution in [0.15, 0.2) is 12.2 Å². The maximum atomic E-state index is 6.00. The van der Waals surface area contributed by atoms with Gasteiger partial charge in [-0.2, -0.15) is 0 Å². The largest absolute Gasteiger partial charge is 0.379 e. The van der Waals surface area contributed by atoms with Gasteiger partial charge in [0.15, 0.2) is 0 Å². The van der Waals surface area contributed by atoms with E-state index in [-0.39, 0.29) is 17.8 Å². The molecule has 2 heterocycles. The van der Waals surface area contributed by atoms with Crippen molar-refractivity contribution in [2.24, 2.45) is 0 Å². The van der Waals surface area contributed by atoms with Crippen LogP contribution in [-0.2, 0) is 14.2 Å². The second-order valence-corrected chi connectivity index (χ2v) is 4.20. The summed E-state index contributed by atoms with van der Waals surface area (Å²) in [5.74, 6) is 0. The van der Waals surface area contributed by atoms with Crippen LogP contribution < -0.4 is 0 Å². The van der Waals surface area contributed by atoms with Crippen LogP contribution in [0.25, 0.3) is 0 Å². The Morgan fingerprint density at radius 1 is 1.57 bits per heavy atom. The topological polar surface area (TPSA) is 27.7 Å². The zero-order valence-corrected chi connectivity index (χ0v) is 8.91. The van der Waals surface area contributed by atoms with Crippen molar-refractivity contribution in [3.63, 3.8) is 0 Å². The Morgan fingerprint density at radius 3 is 2.93 bits per heavy atom. The van der Waals surface area contributed by atoms with Crippen LogP contribution in [0.2, 0.25) is 0 Å². The fourth-order valence-corrected chi connectivity index (χ4v) is 2.38. The third kappa shape index (κ3) is 1.49. The molecule has 0 N–H and O–H groups in total. The fourth-order valence-electron chi connectivity index (χ4n) is 2.38. The minimum atomic E-state index is -0.168. The minimum absolute atomic E-state index is 0.162. The molecule has 2 unspecified atom stereocenters. The van der Waals surface area contributed by atoms with Gasteiger partial charge in [-0.15, -0.1) is 0 Å². The first-order chi connectivity index (χ1) is 6.68. The van der Waals surface area contributed by atoms with Crippen LogP contribution in [0.3, 0.4) is 0 Å². The zero-order chi connectivity index (χ0) is 10.2. The fraction of sp³-hybridized carbons (Fsp3) is 0.818. The number of ether oxygens (including phenoxy) is 3. The first kappa shape index (κ1) is 10.1. The lowest BCUT2D eigenvalue weighted by atomic mass is 9.86. The predicted octanol–water partition coefficient (Wildman–Crippen LogP) is 1.53. The molecule has 2 fully saturated rings. The van der Waals surface area contributed by atoms with Gasteiger partial charge in [-0.25, -0.2) is 0 Å². The Hall–Kier alpha value is -0.380. The molecule has 3 nitrogen and oxygen atoms in total. The lowest BCUT2D eigenvalue weighted by Gasteiger charge is -2.35. The van der Waals surface area contributed by atoms with Gasteiger partial charge in [-0.05, 0) is 12.5 Å². The van der Waals surface area contributed by atoms with Crippen molar-refractivity contribution in [3.05, 3.63) is 12.2 Å². The van der Waals surface area contributed by atoms with Gasteiger partial charge in [0, 0.05) is 20.0 Å². The quantitative estimate of drug-likeness (QED) is 0.598. The summed E-state index contributed by atoms with van der Waals surface area (Å²) in [4.78, 5) is 0. The Labute approximate surface area is 85.0 Å². The summed E-state index contributed by atoms with van der Waals surface area (Å²) in [6, 6.07) is 0. The Bertz CT molecular complexity index is 239. The summed E-state index contributed by atoms with van der Waals surface area (Å²) in [6.07, 6.45) is 2.20. The summed E-state index contributed by atoms with van der Waals surface area (Å²) in [5, 5.41) is 0. The van der Waals surface area contributed by atoms with E-state index in [4.69, 9.17) is 14.2 Å². The Balaban J connectivity index is 2.13. The average Bonchev–Trinajstić information content (AvgIpc) is 2.49. The van der Waals surface area contributed by atoms with E-state index in [1.54, 1.807) is 7.11 Å². The third-order valence-electron chi connectivity index (χ3n) is 3.34. The molecule has 0 aromatic carbocycles. The molecular weight excluding hydrogens is 180 g/mol. The molecule has 0 aromatic heterocycles. The van der Waals surface area contributed by atoms with E-state index in [1.807, 2.05) is 0 Å². The van der Waals surface area contributed by atoms with Crippen LogP contribution in [0.4, 0.5) is 0 Å². The molecule has 80 valence electrons. The standard InChI is InChI=1S/C11H18O3/c1-8-7-13-5-4-11(8)6-10(12-3)9(2)14-11/h9-10H,1,4-7H2,2-3H3/t9-,10?,11?/m0/s1. The van der Waals surface area contributed by atoms with E-state index in [9.17, 15) is 0 Å². The summed E-state index contributed by atoms with van der Waals surface area (Å²) in [7, 11) is 1.74. The molecule has 2 rings (SSSR count). The van der Waals surface area contributed by atoms with Gasteiger partial charge in [0.25, 0.3) is 0 Å². The highest BCUT2D eigenvalue weighted by atomic mass is 16.6. The van der Waals surface area contributed by atoms with Gasteiger partial charge in [0.1, 0.15) is 0 Å². The highest BCUT2D eigenvalue weighted by molar-refractivity contribution is 5.19. The summed E-state index contributed by atoms with van der Waals surface area (Å²) < 4.78 is 16.7. The smallest absolute Gasteiger partial charge is 0.0963 e. The maximum absolute atomic E-state index is 6.00. The molecule has 0 amide bonds. The number of hydrogen-bond donors (Lipinski definition) is 0. The van der Waals surface area contributed by atoms with Crippen molar-refractivity contribution in [1.82, 2.24) is 0 Å². The summed E-state index contributed by atoms with van der Waals surface area (Å²) in [6.45, 7) is 7.50. The van der Waals surface area contributed by atoms with E-state index in [0.717, 1.165) is 25.0 Å². The minimum Gasteiger partial charge on any atom is -0.379 e. The Morgan fingerprint density at radius 2 is 2.36 bits per heavy atom. The monoisotopic (exact) mass is 198 g/mol. The van der Waals surface area contributed by atoms with Gasteiger partial charge >= 0.3 is 0 Å². The second-order valence-electron chi connectivity index (χ2n) is 4.20. The molecular formula is C11H18O3. The molecule has 0 bridgehead atoms. The van der Waals surface area contributed by atoms with Crippen LogP contribution in [0, 0.1) is 0 Å².